The SMILES string of the molecule is C=CCCC(=O)OCC1CCC(C(=O)C2CCCCC2)CC1. The molecule has 0 heterocycles. The summed E-state index contributed by atoms with van der Waals surface area (Å²) in [4.78, 5) is 24.0. The highest BCUT2D eigenvalue weighted by atomic mass is 16.5. The molecule has 0 unspecified atom stereocenters. The molecule has 0 saturated heterocycles. The first kappa shape index (κ1) is 17.2. The lowest BCUT2D eigenvalue weighted by Crippen LogP contribution is -2.30. The number of rotatable bonds is 7. The van der Waals surface area contributed by atoms with Crippen molar-refractivity contribution in [2.75, 3.05) is 6.61 Å². The Morgan fingerprint density at radius 1 is 0.955 bits per heavy atom. The number of hydrogen-bond donors (Lipinski definition) is 0. The highest BCUT2D eigenvalue weighted by Gasteiger charge is 2.31. The minimum atomic E-state index is -0.125. The third-order valence-corrected chi connectivity index (χ3v) is 5.29. The summed E-state index contributed by atoms with van der Waals surface area (Å²) in [6, 6.07) is 0. The summed E-state index contributed by atoms with van der Waals surface area (Å²) in [5, 5.41) is 0. The number of carbonyl (C=O) groups excluding carboxylic acids is 2. The van der Waals surface area contributed by atoms with Crippen molar-refractivity contribution in [1.82, 2.24) is 0 Å². The standard InChI is InChI=1S/C19H30O3/c1-2-3-9-18(20)22-14-15-10-12-17(13-11-15)19(21)16-7-5-4-6-8-16/h2,15-17H,1,3-14H2. The number of ether oxygens (including phenoxy) is 1. The maximum Gasteiger partial charge on any atom is 0.306 e. The van der Waals surface area contributed by atoms with Gasteiger partial charge in [-0.3, -0.25) is 9.59 Å². The zero-order chi connectivity index (χ0) is 15.8. The molecule has 0 radical (unpaired) electrons. The van der Waals surface area contributed by atoms with Crippen molar-refractivity contribution >= 4 is 11.8 Å². The summed E-state index contributed by atoms with van der Waals surface area (Å²) < 4.78 is 5.32. The molecule has 0 bridgehead atoms. The number of allylic oxidation sites excluding steroid dienone is 1. The van der Waals surface area contributed by atoms with Gasteiger partial charge < -0.3 is 4.74 Å². The number of Topliss-reactive ketones (excluding diaryl/α,β-unsaturated/α-hetero) is 1. The molecule has 3 heteroatoms. The first-order valence-electron chi connectivity index (χ1n) is 9.01. The molecule has 124 valence electrons. The van der Waals surface area contributed by atoms with Gasteiger partial charge in [-0.15, -0.1) is 6.58 Å². The normalized spacial score (nSPS) is 26.4. The first-order valence-corrected chi connectivity index (χ1v) is 9.01. The molecular formula is C19H30O3. The van der Waals surface area contributed by atoms with Gasteiger partial charge >= 0.3 is 5.97 Å². The fraction of sp³-hybridized carbons (Fsp3) is 0.789. The molecule has 0 N–H and O–H groups in total. The number of ketones is 1. The molecule has 0 aromatic rings. The molecule has 2 aliphatic carbocycles. The van der Waals surface area contributed by atoms with Gasteiger partial charge in [0.25, 0.3) is 0 Å². The van der Waals surface area contributed by atoms with Crippen LogP contribution in [-0.4, -0.2) is 18.4 Å². The smallest absolute Gasteiger partial charge is 0.306 e. The van der Waals surface area contributed by atoms with Gasteiger partial charge in [-0.25, -0.2) is 0 Å². The summed E-state index contributed by atoms with van der Waals surface area (Å²) in [6.07, 6.45) is 12.9. The van der Waals surface area contributed by atoms with E-state index in [-0.39, 0.29) is 11.9 Å². The van der Waals surface area contributed by atoms with Crippen LogP contribution in [0.3, 0.4) is 0 Å². The van der Waals surface area contributed by atoms with Crippen LogP contribution in [0.25, 0.3) is 0 Å². The van der Waals surface area contributed by atoms with Crippen molar-refractivity contribution in [2.45, 2.75) is 70.6 Å². The number of carbonyl (C=O) groups is 2. The Balaban J connectivity index is 1.65. The van der Waals surface area contributed by atoms with Crippen molar-refractivity contribution in [3.8, 4) is 0 Å². The second-order valence-electron chi connectivity index (χ2n) is 6.97. The van der Waals surface area contributed by atoms with Crippen molar-refractivity contribution in [1.29, 1.82) is 0 Å². The molecule has 0 aliphatic heterocycles. The highest BCUT2D eigenvalue weighted by molar-refractivity contribution is 5.83. The Morgan fingerprint density at radius 3 is 2.23 bits per heavy atom. The zero-order valence-electron chi connectivity index (χ0n) is 13.7. The molecular weight excluding hydrogens is 276 g/mol. The molecule has 0 atom stereocenters. The number of hydrogen-bond acceptors (Lipinski definition) is 3. The van der Waals surface area contributed by atoms with E-state index in [2.05, 4.69) is 6.58 Å². The molecule has 2 rings (SSSR count). The highest BCUT2D eigenvalue weighted by Crippen LogP contribution is 2.34. The zero-order valence-corrected chi connectivity index (χ0v) is 13.7. The third kappa shape index (κ3) is 5.26. The lowest BCUT2D eigenvalue weighted by atomic mass is 9.74. The topological polar surface area (TPSA) is 43.4 Å². The summed E-state index contributed by atoms with van der Waals surface area (Å²) in [5.41, 5.74) is 0. The third-order valence-electron chi connectivity index (χ3n) is 5.29. The van der Waals surface area contributed by atoms with E-state index < -0.39 is 0 Å². The molecule has 2 saturated carbocycles. The molecule has 0 aromatic heterocycles. The summed E-state index contributed by atoms with van der Waals surface area (Å²) in [7, 11) is 0. The Hall–Kier alpha value is -1.12. The molecule has 22 heavy (non-hydrogen) atoms. The van der Waals surface area contributed by atoms with Crippen LogP contribution in [-0.2, 0) is 14.3 Å². The second kappa shape index (κ2) is 9.12. The Labute approximate surface area is 134 Å². The first-order chi connectivity index (χ1) is 10.7. The largest absolute Gasteiger partial charge is 0.465 e. The molecule has 2 aliphatic rings. The van der Waals surface area contributed by atoms with Crippen molar-refractivity contribution in [3.05, 3.63) is 12.7 Å². The van der Waals surface area contributed by atoms with Crippen LogP contribution in [0.4, 0.5) is 0 Å². The monoisotopic (exact) mass is 306 g/mol. The van der Waals surface area contributed by atoms with Crippen molar-refractivity contribution < 1.29 is 14.3 Å². The van der Waals surface area contributed by atoms with Crippen LogP contribution in [0.2, 0.25) is 0 Å². The molecule has 0 spiro atoms. The van der Waals surface area contributed by atoms with E-state index in [0.717, 1.165) is 38.5 Å². The van der Waals surface area contributed by atoms with E-state index in [4.69, 9.17) is 4.74 Å². The second-order valence-corrected chi connectivity index (χ2v) is 6.97. The summed E-state index contributed by atoms with van der Waals surface area (Å²) in [6.45, 7) is 4.13. The van der Waals surface area contributed by atoms with Gasteiger partial charge in [0, 0.05) is 18.3 Å². The van der Waals surface area contributed by atoms with E-state index in [9.17, 15) is 9.59 Å². The van der Waals surface area contributed by atoms with Crippen molar-refractivity contribution in [2.24, 2.45) is 17.8 Å². The maximum atomic E-state index is 12.5. The molecule has 3 nitrogen and oxygen atoms in total. The van der Waals surface area contributed by atoms with Gasteiger partial charge in [-0.2, -0.15) is 0 Å². The van der Waals surface area contributed by atoms with E-state index in [0.29, 0.717) is 37.1 Å². The van der Waals surface area contributed by atoms with E-state index in [1.165, 1.54) is 19.3 Å². The van der Waals surface area contributed by atoms with Crippen LogP contribution in [0.1, 0.15) is 70.6 Å². The van der Waals surface area contributed by atoms with Gasteiger partial charge in [0.1, 0.15) is 5.78 Å². The number of esters is 1. The predicted octanol–water partition coefficient (Wildman–Crippen LogP) is 4.45. The minimum absolute atomic E-state index is 0.125. The fourth-order valence-electron chi connectivity index (χ4n) is 3.84. The quantitative estimate of drug-likeness (QED) is 0.515. The fourth-order valence-corrected chi connectivity index (χ4v) is 3.84. The van der Waals surface area contributed by atoms with Crippen LogP contribution >= 0.6 is 0 Å². The predicted molar refractivity (Wildman–Crippen MR) is 87.4 cm³/mol. The van der Waals surface area contributed by atoms with E-state index >= 15 is 0 Å². The van der Waals surface area contributed by atoms with Gasteiger partial charge in [0.15, 0.2) is 0 Å². The Morgan fingerprint density at radius 2 is 1.59 bits per heavy atom. The molecule has 2 fully saturated rings. The van der Waals surface area contributed by atoms with Crippen LogP contribution in [0.15, 0.2) is 12.7 Å². The Kier molecular flexibility index (Phi) is 7.14. The van der Waals surface area contributed by atoms with Gasteiger partial charge in [0.2, 0.25) is 0 Å². The average molecular weight is 306 g/mol. The van der Waals surface area contributed by atoms with Gasteiger partial charge in [-0.1, -0.05) is 25.3 Å². The molecule has 0 amide bonds. The summed E-state index contributed by atoms with van der Waals surface area (Å²) in [5.74, 6) is 1.47. The average Bonchev–Trinajstić information content (AvgIpc) is 2.58. The van der Waals surface area contributed by atoms with Crippen LogP contribution in [0, 0.1) is 17.8 Å². The van der Waals surface area contributed by atoms with Crippen LogP contribution < -0.4 is 0 Å². The van der Waals surface area contributed by atoms with Crippen molar-refractivity contribution in [3.63, 3.8) is 0 Å². The minimum Gasteiger partial charge on any atom is -0.465 e. The summed E-state index contributed by atoms with van der Waals surface area (Å²) >= 11 is 0. The van der Waals surface area contributed by atoms with E-state index in [1.54, 1.807) is 6.08 Å². The van der Waals surface area contributed by atoms with Crippen LogP contribution in [0.5, 0.6) is 0 Å². The van der Waals surface area contributed by atoms with Gasteiger partial charge in [0.05, 0.1) is 6.61 Å². The lowest BCUT2D eigenvalue weighted by molar-refractivity contribution is -0.145. The maximum absolute atomic E-state index is 12.5. The van der Waals surface area contributed by atoms with E-state index in [1.807, 2.05) is 0 Å². The molecule has 0 aromatic carbocycles. The van der Waals surface area contributed by atoms with Gasteiger partial charge in [-0.05, 0) is 50.9 Å². The lowest BCUT2D eigenvalue weighted by Gasteiger charge is -2.31. The Bertz CT molecular complexity index is 374.